The van der Waals surface area contributed by atoms with Gasteiger partial charge in [0.1, 0.15) is 12.1 Å². The first-order valence-corrected chi connectivity index (χ1v) is 13.9. The van der Waals surface area contributed by atoms with E-state index in [1.54, 1.807) is 0 Å². The van der Waals surface area contributed by atoms with Gasteiger partial charge in [-0.1, -0.05) is 56.3 Å². The van der Waals surface area contributed by atoms with Gasteiger partial charge in [0, 0.05) is 10.8 Å². The second-order valence-electron chi connectivity index (χ2n) is 12.3. The summed E-state index contributed by atoms with van der Waals surface area (Å²) in [7, 11) is 0. The molecule has 0 unspecified atom stereocenters. The van der Waals surface area contributed by atoms with Crippen molar-refractivity contribution in [3.8, 4) is 29.0 Å². The molecule has 0 N–H and O–H groups in total. The predicted molar refractivity (Wildman–Crippen MR) is 158 cm³/mol. The quantitative estimate of drug-likeness (QED) is 0.240. The number of rotatable bonds is 2. The standard InChI is InChI=1S/C36H31N3/c1-22-16-23(2)32-27-18-25(24-8-6-5-7-9-24)10-11-30(27)39(31(32)17-22)34-28(21-38)26(20-37)19-29-33(34)36(4)14-12-35(29,3)13-15-36/h5-11,16-19H,12-15H2,1-4H3. The molecule has 0 radical (unpaired) electrons. The second-order valence-corrected chi connectivity index (χ2v) is 12.3. The van der Waals surface area contributed by atoms with Gasteiger partial charge in [-0.2, -0.15) is 10.5 Å². The summed E-state index contributed by atoms with van der Waals surface area (Å²) < 4.78 is 2.33. The van der Waals surface area contributed by atoms with Crippen molar-refractivity contribution < 1.29 is 0 Å². The fraction of sp³-hybridized carbons (Fsp3) is 0.278. The molecule has 0 spiro atoms. The van der Waals surface area contributed by atoms with E-state index in [9.17, 15) is 10.5 Å². The highest BCUT2D eigenvalue weighted by Crippen LogP contribution is 2.59. The topological polar surface area (TPSA) is 52.5 Å². The lowest BCUT2D eigenvalue weighted by molar-refractivity contribution is 0.187. The Hall–Kier alpha value is -4.34. The van der Waals surface area contributed by atoms with Gasteiger partial charge in [-0.3, -0.25) is 0 Å². The third-order valence-electron chi connectivity index (χ3n) is 9.78. The van der Waals surface area contributed by atoms with E-state index in [-0.39, 0.29) is 10.8 Å². The number of fused-ring (bicyclic) bond motifs is 5. The Kier molecular flexibility index (Phi) is 4.92. The van der Waals surface area contributed by atoms with Gasteiger partial charge < -0.3 is 4.57 Å². The Morgan fingerprint density at radius 2 is 1.46 bits per heavy atom. The Labute approximate surface area is 229 Å². The molecular formula is C36H31N3. The summed E-state index contributed by atoms with van der Waals surface area (Å²) in [5.41, 5.74) is 11.5. The minimum absolute atomic E-state index is 0.0201. The molecule has 3 nitrogen and oxygen atoms in total. The average molecular weight is 506 g/mol. The van der Waals surface area contributed by atoms with E-state index in [0.717, 1.165) is 42.4 Å². The lowest BCUT2D eigenvalue weighted by atomic mass is 9.52. The molecule has 5 aromatic rings. The molecule has 0 saturated heterocycles. The number of hydrogen-bond acceptors (Lipinski definition) is 2. The first-order chi connectivity index (χ1) is 18.8. The van der Waals surface area contributed by atoms with Gasteiger partial charge in [-0.15, -0.1) is 0 Å². The summed E-state index contributed by atoms with van der Waals surface area (Å²) in [5, 5.41) is 23.2. The maximum Gasteiger partial charge on any atom is 0.103 e. The molecule has 0 atom stereocenters. The van der Waals surface area contributed by atoms with Crippen LogP contribution in [0.2, 0.25) is 0 Å². The minimum atomic E-state index is -0.0201. The first kappa shape index (κ1) is 23.8. The van der Waals surface area contributed by atoms with E-state index in [4.69, 9.17) is 0 Å². The van der Waals surface area contributed by atoms with Crippen LogP contribution in [0.4, 0.5) is 0 Å². The van der Waals surface area contributed by atoms with Gasteiger partial charge in [0.05, 0.1) is 27.8 Å². The first-order valence-electron chi connectivity index (χ1n) is 13.9. The largest absolute Gasteiger partial charge is 0.308 e. The minimum Gasteiger partial charge on any atom is -0.308 e. The molecule has 1 saturated carbocycles. The van der Waals surface area contributed by atoms with Crippen LogP contribution in [0.25, 0.3) is 38.6 Å². The van der Waals surface area contributed by atoms with Crippen molar-refractivity contribution in [2.24, 2.45) is 0 Å². The van der Waals surface area contributed by atoms with Gasteiger partial charge in [0.15, 0.2) is 0 Å². The zero-order valence-electron chi connectivity index (χ0n) is 23.0. The zero-order valence-corrected chi connectivity index (χ0v) is 23.0. The molecule has 4 aromatic carbocycles. The van der Waals surface area contributed by atoms with Crippen molar-refractivity contribution in [2.45, 2.75) is 64.2 Å². The van der Waals surface area contributed by atoms with Gasteiger partial charge in [-0.25, -0.2) is 0 Å². The smallest absolute Gasteiger partial charge is 0.103 e. The van der Waals surface area contributed by atoms with Crippen molar-refractivity contribution in [1.82, 2.24) is 4.57 Å². The summed E-state index contributed by atoms with van der Waals surface area (Å²) in [6.45, 7) is 9.05. The fourth-order valence-corrected chi connectivity index (χ4v) is 7.64. The van der Waals surface area contributed by atoms with Crippen LogP contribution in [0.3, 0.4) is 0 Å². The highest BCUT2D eigenvalue weighted by Gasteiger charge is 2.50. The molecule has 3 aliphatic rings. The van der Waals surface area contributed by atoms with Crippen LogP contribution >= 0.6 is 0 Å². The van der Waals surface area contributed by atoms with Crippen LogP contribution in [-0.4, -0.2) is 4.57 Å². The summed E-state index contributed by atoms with van der Waals surface area (Å²) in [4.78, 5) is 0. The Bertz CT molecular complexity index is 1920. The van der Waals surface area contributed by atoms with Crippen molar-refractivity contribution in [1.29, 1.82) is 10.5 Å². The fourth-order valence-electron chi connectivity index (χ4n) is 7.64. The van der Waals surface area contributed by atoms with Crippen molar-refractivity contribution >= 4 is 21.8 Å². The number of benzene rings is 4. The molecule has 190 valence electrons. The Morgan fingerprint density at radius 1 is 0.744 bits per heavy atom. The van der Waals surface area contributed by atoms with E-state index < -0.39 is 0 Å². The van der Waals surface area contributed by atoms with Crippen LogP contribution in [0, 0.1) is 36.5 Å². The van der Waals surface area contributed by atoms with Gasteiger partial charge in [0.25, 0.3) is 0 Å². The summed E-state index contributed by atoms with van der Waals surface area (Å²) in [6, 6.07) is 28.6. The summed E-state index contributed by atoms with van der Waals surface area (Å²) in [6.07, 6.45) is 4.46. The van der Waals surface area contributed by atoms with E-state index in [0.29, 0.717) is 11.1 Å². The van der Waals surface area contributed by atoms with Crippen LogP contribution in [-0.2, 0) is 10.8 Å². The SMILES string of the molecule is Cc1cc(C)c2c3cc(-c4ccccc4)ccc3n(-c3c(C#N)c(C#N)cc4c3C3(C)CCC4(C)CC3)c2c1. The van der Waals surface area contributed by atoms with Gasteiger partial charge in [-0.05, 0) is 108 Å². The molecule has 1 heterocycles. The molecule has 0 aliphatic heterocycles. The molecular weight excluding hydrogens is 474 g/mol. The number of aromatic nitrogens is 1. The van der Waals surface area contributed by atoms with Crippen LogP contribution in [0.1, 0.15) is 72.9 Å². The summed E-state index contributed by atoms with van der Waals surface area (Å²) in [5.74, 6) is 0. The normalized spacial score (nSPS) is 21.6. The van der Waals surface area contributed by atoms with Gasteiger partial charge >= 0.3 is 0 Å². The molecule has 0 amide bonds. The lowest BCUT2D eigenvalue weighted by Crippen LogP contribution is -2.45. The maximum atomic E-state index is 10.6. The number of aryl methyl sites for hydroxylation is 2. The lowest BCUT2D eigenvalue weighted by Gasteiger charge is -2.53. The average Bonchev–Trinajstić information content (AvgIpc) is 3.26. The van der Waals surface area contributed by atoms with E-state index in [1.807, 2.05) is 12.1 Å². The third kappa shape index (κ3) is 3.20. The van der Waals surface area contributed by atoms with E-state index in [1.165, 1.54) is 44.2 Å². The third-order valence-corrected chi connectivity index (χ3v) is 9.78. The van der Waals surface area contributed by atoms with Crippen molar-refractivity contribution in [2.75, 3.05) is 0 Å². The van der Waals surface area contributed by atoms with Crippen LogP contribution in [0.5, 0.6) is 0 Å². The number of nitriles is 2. The molecule has 3 aliphatic carbocycles. The van der Waals surface area contributed by atoms with Gasteiger partial charge in [0.2, 0.25) is 0 Å². The van der Waals surface area contributed by atoms with E-state index >= 15 is 0 Å². The molecule has 8 rings (SSSR count). The Balaban J connectivity index is 1.69. The molecule has 1 aromatic heterocycles. The molecule has 2 bridgehead atoms. The number of hydrogen-bond donors (Lipinski definition) is 0. The highest BCUT2D eigenvalue weighted by atomic mass is 15.0. The maximum absolute atomic E-state index is 10.6. The van der Waals surface area contributed by atoms with E-state index in [2.05, 4.69) is 99.0 Å². The van der Waals surface area contributed by atoms with Crippen LogP contribution < -0.4 is 0 Å². The highest BCUT2D eigenvalue weighted by molar-refractivity contribution is 6.12. The van der Waals surface area contributed by atoms with Crippen molar-refractivity contribution in [3.63, 3.8) is 0 Å². The molecule has 3 heteroatoms. The van der Waals surface area contributed by atoms with Crippen molar-refractivity contribution in [3.05, 3.63) is 100 Å². The predicted octanol–water partition coefficient (Wildman–Crippen LogP) is 8.91. The van der Waals surface area contributed by atoms with Crippen LogP contribution in [0.15, 0.2) is 66.7 Å². The summed E-state index contributed by atoms with van der Waals surface area (Å²) >= 11 is 0. The number of nitrogens with zero attached hydrogens (tertiary/aromatic N) is 3. The molecule has 39 heavy (non-hydrogen) atoms. The monoisotopic (exact) mass is 505 g/mol. The Morgan fingerprint density at radius 3 is 2.15 bits per heavy atom. The molecule has 1 fully saturated rings. The zero-order chi connectivity index (χ0) is 27.1. The second kappa shape index (κ2) is 8.08.